The summed E-state index contributed by atoms with van der Waals surface area (Å²) in [5, 5.41) is 0. The lowest BCUT2D eigenvalue weighted by Gasteiger charge is -2.14. The Morgan fingerprint density at radius 2 is 1.80 bits per heavy atom. The summed E-state index contributed by atoms with van der Waals surface area (Å²) in [7, 11) is -1.27. The van der Waals surface area contributed by atoms with Crippen molar-refractivity contribution in [3.05, 3.63) is 47.7 Å². The van der Waals surface area contributed by atoms with Crippen LogP contribution in [0, 0.1) is 0 Å². The molecule has 0 aliphatic rings. The number of ether oxygens (including phenoxy) is 1. The first kappa shape index (κ1) is 16.4. The molecule has 0 radical (unpaired) electrons. The standard InChI is InChI=1S/C13H17O6P/c1-11(19-20(15,16-2)17-3)9-13(14)18-10-12-7-5-4-6-8-12/h4-9H,10H2,1-3H3/b11-9+. The molecule has 0 unspecified atom stereocenters. The predicted molar refractivity (Wildman–Crippen MR) is 72.7 cm³/mol. The molecule has 7 heteroatoms. The van der Waals surface area contributed by atoms with Gasteiger partial charge in [0, 0.05) is 14.2 Å². The highest BCUT2D eigenvalue weighted by Crippen LogP contribution is 2.49. The molecule has 0 N–H and O–H groups in total. The predicted octanol–water partition coefficient (Wildman–Crippen LogP) is 3.05. The van der Waals surface area contributed by atoms with Gasteiger partial charge in [0.15, 0.2) is 0 Å². The Kier molecular flexibility index (Phi) is 6.45. The number of esters is 1. The SMILES string of the molecule is COP(=O)(OC)O/C(C)=C/C(=O)OCc1ccccc1. The summed E-state index contributed by atoms with van der Waals surface area (Å²) in [4.78, 5) is 11.5. The lowest BCUT2D eigenvalue weighted by atomic mass is 10.2. The molecule has 0 aromatic heterocycles. The van der Waals surface area contributed by atoms with Crippen LogP contribution in [0.25, 0.3) is 0 Å². The first-order valence-corrected chi connectivity index (χ1v) is 7.25. The number of carbonyl (C=O) groups excluding carboxylic acids is 1. The highest BCUT2D eigenvalue weighted by molar-refractivity contribution is 7.48. The molecule has 1 aromatic rings. The van der Waals surface area contributed by atoms with Crippen molar-refractivity contribution in [3.63, 3.8) is 0 Å². The van der Waals surface area contributed by atoms with Gasteiger partial charge >= 0.3 is 13.8 Å². The van der Waals surface area contributed by atoms with Crippen LogP contribution >= 0.6 is 7.82 Å². The molecular weight excluding hydrogens is 283 g/mol. The van der Waals surface area contributed by atoms with Crippen LogP contribution in [0.15, 0.2) is 42.2 Å². The van der Waals surface area contributed by atoms with Crippen LogP contribution in [0.1, 0.15) is 12.5 Å². The van der Waals surface area contributed by atoms with Crippen LogP contribution in [0.3, 0.4) is 0 Å². The Morgan fingerprint density at radius 3 is 2.35 bits per heavy atom. The number of hydrogen-bond acceptors (Lipinski definition) is 6. The summed E-state index contributed by atoms with van der Waals surface area (Å²) >= 11 is 0. The summed E-state index contributed by atoms with van der Waals surface area (Å²) in [6.07, 6.45) is 1.08. The van der Waals surface area contributed by atoms with E-state index in [-0.39, 0.29) is 12.4 Å². The minimum absolute atomic E-state index is 0.0788. The Hall–Kier alpha value is -1.62. The number of carbonyl (C=O) groups is 1. The second-order valence-corrected chi connectivity index (χ2v) is 5.56. The quantitative estimate of drug-likeness (QED) is 0.333. The van der Waals surface area contributed by atoms with E-state index in [1.807, 2.05) is 30.3 Å². The molecule has 0 fully saturated rings. The molecule has 0 aliphatic carbocycles. The molecule has 0 aliphatic heterocycles. The van der Waals surface area contributed by atoms with E-state index in [0.717, 1.165) is 11.6 Å². The van der Waals surface area contributed by atoms with Crippen LogP contribution in [-0.4, -0.2) is 20.2 Å². The molecule has 0 spiro atoms. The molecule has 0 heterocycles. The van der Waals surface area contributed by atoms with E-state index in [2.05, 4.69) is 9.05 Å². The highest BCUT2D eigenvalue weighted by Gasteiger charge is 2.24. The van der Waals surface area contributed by atoms with E-state index < -0.39 is 13.8 Å². The third-order valence-corrected chi connectivity index (χ3v) is 3.65. The Balaban J connectivity index is 2.52. The van der Waals surface area contributed by atoms with Gasteiger partial charge < -0.3 is 9.26 Å². The molecule has 20 heavy (non-hydrogen) atoms. The third-order valence-electron chi connectivity index (χ3n) is 2.25. The van der Waals surface area contributed by atoms with Gasteiger partial charge in [-0.05, 0) is 12.5 Å². The Labute approximate surface area is 117 Å². The van der Waals surface area contributed by atoms with Gasteiger partial charge in [-0.25, -0.2) is 9.36 Å². The van der Waals surface area contributed by atoms with Crippen molar-refractivity contribution < 1.29 is 27.7 Å². The van der Waals surface area contributed by atoms with Gasteiger partial charge in [0.1, 0.15) is 12.4 Å². The summed E-state index contributed by atoms with van der Waals surface area (Å²) in [5.41, 5.74) is 0.868. The van der Waals surface area contributed by atoms with E-state index in [0.29, 0.717) is 0 Å². The molecule has 1 aromatic carbocycles. The number of phosphoric acid groups is 1. The Bertz CT molecular complexity index is 503. The molecular formula is C13H17O6P. The van der Waals surface area contributed by atoms with Gasteiger partial charge in [-0.1, -0.05) is 30.3 Å². The summed E-state index contributed by atoms with van der Waals surface area (Å²) in [6, 6.07) is 9.24. The fraction of sp³-hybridized carbons (Fsp3) is 0.308. The first-order chi connectivity index (χ1) is 9.49. The second kappa shape index (κ2) is 7.85. The maximum atomic E-state index is 11.7. The van der Waals surface area contributed by atoms with Gasteiger partial charge in [0.25, 0.3) is 0 Å². The summed E-state index contributed by atoms with van der Waals surface area (Å²) in [6.45, 7) is 1.60. The van der Waals surface area contributed by atoms with Crippen LogP contribution in [-0.2, 0) is 34.3 Å². The minimum Gasteiger partial charge on any atom is -0.458 e. The van der Waals surface area contributed by atoms with Crippen LogP contribution in [0.5, 0.6) is 0 Å². The van der Waals surface area contributed by atoms with E-state index in [1.165, 1.54) is 21.1 Å². The molecule has 0 amide bonds. The summed E-state index contributed by atoms with van der Waals surface area (Å²) in [5.74, 6) is -0.528. The molecule has 0 saturated carbocycles. The smallest absolute Gasteiger partial charge is 0.458 e. The zero-order valence-electron chi connectivity index (χ0n) is 11.6. The van der Waals surface area contributed by atoms with Crippen molar-refractivity contribution in [2.45, 2.75) is 13.5 Å². The van der Waals surface area contributed by atoms with Gasteiger partial charge in [0.2, 0.25) is 0 Å². The lowest BCUT2D eigenvalue weighted by molar-refractivity contribution is -0.139. The van der Waals surface area contributed by atoms with Gasteiger partial charge in [-0.3, -0.25) is 9.05 Å². The first-order valence-electron chi connectivity index (χ1n) is 5.79. The number of hydrogen-bond donors (Lipinski definition) is 0. The molecule has 1 rings (SSSR count). The molecule has 0 bridgehead atoms. The van der Waals surface area contributed by atoms with Gasteiger partial charge in [-0.15, -0.1) is 0 Å². The van der Waals surface area contributed by atoms with Crippen molar-refractivity contribution >= 4 is 13.8 Å². The zero-order valence-corrected chi connectivity index (χ0v) is 12.5. The van der Waals surface area contributed by atoms with E-state index in [9.17, 15) is 9.36 Å². The van der Waals surface area contributed by atoms with Crippen molar-refractivity contribution in [1.82, 2.24) is 0 Å². The summed E-state index contributed by atoms with van der Waals surface area (Å²) < 4.78 is 30.8. The molecule has 0 saturated heterocycles. The lowest BCUT2D eigenvalue weighted by Crippen LogP contribution is -2.03. The average Bonchev–Trinajstić information content (AvgIpc) is 2.46. The number of benzene rings is 1. The fourth-order valence-corrected chi connectivity index (χ4v) is 1.99. The van der Waals surface area contributed by atoms with Crippen molar-refractivity contribution in [3.8, 4) is 0 Å². The van der Waals surface area contributed by atoms with Gasteiger partial charge in [0.05, 0.1) is 6.08 Å². The fourth-order valence-electron chi connectivity index (χ4n) is 1.29. The maximum absolute atomic E-state index is 11.7. The molecule has 6 nitrogen and oxygen atoms in total. The second-order valence-electron chi connectivity index (χ2n) is 3.75. The maximum Gasteiger partial charge on any atom is 0.529 e. The van der Waals surface area contributed by atoms with E-state index >= 15 is 0 Å². The largest absolute Gasteiger partial charge is 0.529 e. The monoisotopic (exact) mass is 300 g/mol. The number of phosphoric ester groups is 1. The van der Waals surface area contributed by atoms with Gasteiger partial charge in [-0.2, -0.15) is 0 Å². The van der Waals surface area contributed by atoms with Crippen molar-refractivity contribution in [2.24, 2.45) is 0 Å². The molecule has 110 valence electrons. The van der Waals surface area contributed by atoms with E-state index in [4.69, 9.17) is 9.26 Å². The van der Waals surface area contributed by atoms with E-state index in [1.54, 1.807) is 0 Å². The third kappa shape index (κ3) is 5.57. The van der Waals surface area contributed by atoms with Crippen LogP contribution in [0.4, 0.5) is 0 Å². The number of rotatable bonds is 7. The minimum atomic E-state index is -3.65. The van der Waals surface area contributed by atoms with Crippen LogP contribution in [0.2, 0.25) is 0 Å². The van der Waals surface area contributed by atoms with Crippen LogP contribution < -0.4 is 0 Å². The Morgan fingerprint density at radius 1 is 1.20 bits per heavy atom. The highest BCUT2D eigenvalue weighted by atomic mass is 31.2. The zero-order chi connectivity index (χ0) is 15.0. The van der Waals surface area contributed by atoms with Crippen molar-refractivity contribution in [1.29, 1.82) is 0 Å². The average molecular weight is 300 g/mol. The van der Waals surface area contributed by atoms with Crippen molar-refractivity contribution in [2.75, 3.05) is 14.2 Å². The topological polar surface area (TPSA) is 71.1 Å². The normalized spacial score (nSPS) is 12.1. The molecule has 0 atom stereocenters. The number of allylic oxidation sites excluding steroid dienone is 1.